The van der Waals surface area contributed by atoms with Crippen molar-refractivity contribution in [3.8, 4) is 5.75 Å². The molecule has 0 aliphatic carbocycles. The zero-order valence-electron chi connectivity index (χ0n) is 13.5. The summed E-state index contributed by atoms with van der Waals surface area (Å²) < 4.78 is 5.27. The molecule has 0 bridgehead atoms. The molecular weight excluding hydrogens is 248 g/mol. The minimum Gasteiger partial charge on any atom is -0.497 e. The van der Waals surface area contributed by atoms with Gasteiger partial charge in [-0.2, -0.15) is 0 Å². The molecule has 1 N–H and O–H groups in total. The van der Waals surface area contributed by atoms with E-state index in [2.05, 4.69) is 49.3 Å². The fourth-order valence-corrected chi connectivity index (χ4v) is 2.26. The van der Waals surface area contributed by atoms with Gasteiger partial charge in [-0.1, -0.05) is 19.1 Å². The number of hydrogen-bond acceptors (Lipinski definition) is 3. The lowest BCUT2D eigenvalue weighted by Gasteiger charge is -2.25. The van der Waals surface area contributed by atoms with Crippen LogP contribution in [-0.2, 0) is 6.54 Å². The molecule has 0 aliphatic heterocycles. The second-order valence-corrected chi connectivity index (χ2v) is 5.51. The van der Waals surface area contributed by atoms with Crippen LogP contribution in [0.3, 0.4) is 0 Å². The minimum atomic E-state index is 0.602. The molecule has 0 saturated carbocycles. The second-order valence-electron chi connectivity index (χ2n) is 5.51. The van der Waals surface area contributed by atoms with Gasteiger partial charge in [-0.05, 0) is 64.0 Å². The number of rotatable bonds is 10. The zero-order valence-corrected chi connectivity index (χ0v) is 13.5. The van der Waals surface area contributed by atoms with Crippen molar-refractivity contribution < 1.29 is 4.74 Å². The smallest absolute Gasteiger partial charge is 0.119 e. The van der Waals surface area contributed by atoms with Crippen LogP contribution in [0.5, 0.6) is 5.75 Å². The summed E-state index contributed by atoms with van der Waals surface area (Å²) in [4.78, 5) is 2.41. The van der Waals surface area contributed by atoms with Gasteiger partial charge in [-0.25, -0.2) is 0 Å². The van der Waals surface area contributed by atoms with Crippen LogP contribution in [0, 0.1) is 0 Å². The minimum absolute atomic E-state index is 0.602. The van der Waals surface area contributed by atoms with Crippen molar-refractivity contribution in [2.24, 2.45) is 0 Å². The number of nitrogens with zero attached hydrogens (tertiary/aromatic N) is 1. The standard InChI is InChI=1S/C17H30N2O/c1-5-11-18-12-7-8-15(2)19(3)14-16-9-6-10-17(13-16)20-4/h6,9-10,13,15,18H,5,7-8,11-12,14H2,1-4H3. The van der Waals surface area contributed by atoms with Crippen LogP contribution in [0.1, 0.15) is 38.7 Å². The third kappa shape index (κ3) is 6.40. The van der Waals surface area contributed by atoms with Crippen LogP contribution in [0.2, 0.25) is 0 Å². The first kappa shape index (κ1) is 17.0. The van der Waals surface area contributed by atoms with Crippen molar-refractivity contribution in [1.29, 1.82) is 0 Å². The predicted molar refractivity (Wildman–Crippen MR) is 86.3 cm³/mol. The van der Waals surface area contributed by atoms with Crippen LogP contribution >= 0.6 is 0 Å². The fraction of sp³-hybridized carbons (Fsp3) is 0.647. The van der Waals surface area contributed by atoms with Crippen molar-refractivity contribution in [2.75, 3.05) is 27.2 Å². The molecule has 0 saturated heterocycles. The first-order chi connectivity index (χ1) is 9.67. The van der Waals surface area contributed by atoms with Crippen molar-refractivity contribution in [2.45, 2.75) is 45.7 Å². The van der Waals surface area contributed by atoms with E-state index >= 15 is 0 Å². The maximum absolute atomic E-state index is 5.27. The number of methoxy groups -OCH3 is 1. The van der Waals surface area contributed by atoms with Crippen molar-refractivity contribution in [1.82, 2.24) is 10.2 Å². The molecule has 1 aromatic rings. The lowest BCUT2D eigenvalue weighted by Crippen LogP contribution is -2.29. The van der Waals surface area contributed by atoms with Crippen LogP contribution in [0.25, 0.3) is 0 Å². The molecular formula is C17H30N2O. The molecule has 0 aromatic heterocycles. The molecule has 0 radical (unpaired) electrons. The molecule has 0 amide bonds. The Labute approximate surface area is 124 Å². The number of nitrogens with one attached hydrogen (secondary N) is 1. The highest BCUT2D eigenvalue weighted by Crippen LogP contribution is 2.15. The first-order valence-electron chi connectivity index (χ1n) is 7.71. The van der Waals surface area contributed by atoms with E-state index in [9.17, 15) is 0 Å². The van der Waals surface area contributed by atoms with E-state index in [0.717, 1.165) is 25.4 Å². The molecule has 0 aliphatic rings. The lowest BCUT2D eigenvalue weighted by atomic mass is 10.1. The molecule has 3 nitrogen and oxygen atoms in total. The third-order valence-electron chi connectivity index (χ3n) is 3.72. The summed E-state index contributed by atoms with van der Waals surface area (Å²) in [6.07, 6.45) is 3.69. The van der Waals surface area contributed by atoms with E-state index in [1.165, 1.54) is 24.8 Å². The molecule has 0 heterocycles. The maximum Gasteiger partial charge on any atom is 0.119 e. The Kier molecular flexibility index (Phi) is 8.31. The Morgan fingerprint density at radius 3 is 2.80 bits per heavy atom. The summed E-state index contributed by atoms with van der Waals surface area (Å²) in [6, 6.07) is 8.93. The molecule has 1 aromatic carbocycles. The van der Waals surface area contributed by atoms with E-state index in [1.807, 2.05) is 6.07 Å². The molecule has 0 spiro atoms. The number of hydrogen-bond donors (Lipinski definition) is 1. The second kappa shape index (κ2) is 9.78. The van der Waals surface area contributed by atoms with Crippen LogP contribution < -0.4 is 10.1 Å². The Balaban J connectivity index is 2.31. The average molecular weight is 278 g/mol. The van der Waals surface area contributed by atoms with E-state index in [4.69, 9.17) is 4.74 Å². The quantitative estimate of drug-likeness (QED) is 0.665. The fourth-order valence-electron chi connectivity index (χ4n) is 2.26. The van der Waals surface area contributed by atoms with Gasteiger partial charge < -0.3 is 10.1 Å². The van der Waals surface area contributed by atoms with Gasteiger partial charge in [-0.15, -0.1) is 0 Å². The predicted octanol–water partition coefficient (Wildman–Crippen LogP) is 3.30. The highest BCUT2D eigenvalue weighted by Gasteiger charge is 2.09. The highest BCUT2D eigenvalue weighted by atomic mass is 16.5. The SMILES string of the molecule is CCCNCCCC(C)N(C)Cc1cccc(OC)c1. The highest BCUT2D eigenvalue weighted by molar-refractivity contribution is 5.28. The summed E-state index contributed by atoms with van der Waals surface area (Å²) in [5.74, 6) is 0.937. The lowest BCUT2D eigenvalue weighted by molar-refractivity contribution is 0.234. The Hall–Kier alpha value is -1.06. The van der Waals surface area contributed by atoms with Crippen LogP contribution in [-0.4, -0.2) is 38.2 Å². The van der Waals surface area contributed by atoms with E-state index in [-0.39, 0.29) is 0 Å². The molecule has 0 fully saturated rings. The normalized spacial score (nSPS) is 12.7. The molecule has 1 rings (SSSR count). The van der Waals surface area contributed by atoms with Crippen LogP contribution in [0.4, 0.5) is 0 Å². The molecule has 1 atom stereocenters. The van der Waals surface area contributed by atoms with Crippen molar-refractivity contribution in [3.05, 3.63) is 29.8 Å². The van der Waals surface area contributed by atoms with Gasteiger partial charge >= 0.3 is 0 Å². The Morgan fingerprint density at radius 1 is 1.30 bits per heavy atom. The van der Waals surface area contributed by atoms with Crippen molar-refractivity contribution in [3.63, 3.8) is 0 Å². The van der Waals surface area contributed by atoms with E-state index < -0.39 is 0 Å². The van der Waals surface area contributed by atoms with Gasteiger partial charge in [-0.3, -0.25) is 4.90 Å². The van der Waals surface area contributed by atoms with Gasteiger partial charge in [0.2, 0.25) is 0 Å². The topological polar surface area (TPSA) is 24.5 Å². The summed E-state index contributed by atoms with van der Waals surface area (Å²) >= 11 is 0. The monoisotopic (exact) mass is 278 g/mol. The largest absolute Gasteiger partial charge is 0.497 e. The summed E-state index contributed by atoms with van der Waals surface area (Å²) in [6.45, 7) is 7.75. The maximum atomic E-state index is 5.27. The molecule has 20 heavy (non-hydrogen) atoms. The summed E-state index contributed by atoms with van der Waals surface area (Å²) in [5.41, 5.74) is 1.31. The third-order valence-corrected chi connectivity index (χ3v) is 3.72. The van der Waals surface area contributed by atoms with Gasteiger partial charge in [0.05, 0.1) is 7.11 Å². The number of ether oxygens (including phenoxy) is 1. The molecule has 3 heteroatoms. The first-order valence-corrected chi connectivity index (χ1v) is 7.71. The molecule has 1 unspecified atom stereocenters. The van der Waals surface area contributed by atoms with Gasteiger partial charge in [0.25, 0.3) is 0 Å². The van der Waals surface area contributed by atoms with Crippen LogP contribution in [0.15, 0.2) is 24.3 Å². The summed E-state index contributed by atoms with van der Waals surface area (Å²) in [5, 5.41) is 3.46. The van der Waals surface area contributed by atoms with Crippen molar-refractivity contribution >= 4 is 0 Å². The molecule has 114 valence electrons. The average Bonchev–Trinajstić information content (AvgIpc) is 2.47. The van der Waals surface area contributed by atoms with E-state index in [0.29, 0.717) is 6.04 Å². The Bertz CT molecular complexity index is 368. The zero-order chi connectivity index (χ0) is 14.8. The number of benzene rings is 1. The summed E-state index contributed by atoms with van der Waals surface area (Å²) in [7, 11) is 3.92. The Morgan fingerprint density at radius 2 is 2.10 bits per heavy atom. The van der Waals surface area contributed by atoms with E-state index in [1.54, 1.807) is 7.11 Å². The van der Waals surface area contributed by atoms with Gasteiger partial charge in [0.1, 0.15) is 5.75 Å². The van der Waals surface area contributed by atoms with Gasteiger partial charge in [0, 0.05) is 12.6 Å². The van der Waals surface area contributed by atoms with Gasteiger partial charge in [0.15, 0.2) is 0 Å².